The van der Waals surface area contributed by atoms with E-state index in [1.165, 1.54) is 19.4 Å². The third-order valence-electron chi connectivity index (χ3n) is 4.27. The van der Waals surface area contributed by atoms with Gasteiger partial charge >= 0.3 is 0 Å². The Labute approximate surface area is 127 Å². The monoisotopic (exact) mass is 338 g/mol. The zero-order chi connectivity index (χ0) is 14.1. The smallest absolute Gasteiger partial charge is 0.172 e. The number of hydrogen-bond acceptors (Lipinski definition) is 4. The van der Waals surface area contributed by atoms with E-state index in [1.54, 1.807) is 0 Å². The lowest BCUT2D eigenvalue weighted by atomic mass is 10.1. The fraction of sp³-hybridized carbons (Fsp3) is 0.500. The zero-order valence-electron chi connectivity index (χ0n) is 11.3. The topological polar surface area (TPSA) is 65.1 Å². The van der Waals surface area contributed by atoms with E-state index >= 15 is 0 Å². The molecule has 3 N–H and O–H groups in total. The highest BCUT2D eigenvalue weighted by Crippen LogP contribution is 2.30. The van der Waals surface area contributed by atoms with Gasteiger partial charge in [-0.1, -0.05) is 21.1 Å². The highest BCUT2D eigenvalue weighted by molar-refractivity contribution is 9.10. The molecule has 6 heteroatoms. The molecule has 1 atom stereocenters. The van der Waals surface area contributed by atoms with Crippen LogP contribution in [0.5, 0.6) is 0 Å². The van der Waals surface area contributed by atoms with Crippen molar-refractivity contribution in [3.05, 3.63) is 28.2 Å². The van der Waals surface area contributed by atoms with Gasteiger partial charge in [0, 0.05) is 41.4 Å². The molecule has 2 saturated heterocycles. The lowest BCUT2D eigenvalue weighted by Gasteiger charge is -2.39. The summed E-state index contributed by atoms with van der Waals surface area (Å²) in [6.45, 7) is 4.32. The van der Waals surface area contributed by atoms with Gasteiger partial charge in [-0.15, -0.1) is 0 Å². The molecule has 5 nitrogen and oxygen atoms in total. The number of piperazine rings is 1. The molecule has 1 unspecified atom stereocenters. The van der Waals surface area contributed by atoms with Crippen LogP contribution in [0, 0.1) is 0 Å². The Bertz CT molecular complexity index is 534. The largest absolute Gasteiger partial charge is 0.409 e. The van der Waals surface area contributed by atoms with E-state index in [0.29, 0.717) is 6.04 Å². The van der Waals surface area contributed by atoms with Gasteiger partial charge in [0.15, 0.2) is 5.84 Å². The van der Waals surface area contributed by atoms with Crippen LogP contribution in [0.15, 0.2) is 27.8 Å². The third-order valence-corrected chi connectivity index (χ3v) is 4.76. The lowest BCUT2D eigenvalue weighted by molar-refractivity contribution is 0.231. The zero-order valence-corrected chi connectivity index (χ0v) is 12.9. The minimum absolute atomic E-state index is 0.168. The van der Waals surface area contributed by atoms with Crippen molar-refractivity contribution in [2.24, 2.45) is 10.9 Å². The first-order valence-corrected chi connectivity index (χ1v) is 7.75. The van der Waals surface area contributed by atoms with Crippen LogP contribution in [0.1, 0.15) is 18.4 Å². The van der Waals surface area contributed by atoms with E-state index in [9.17, 15) is 0 Å². The van der Waals surface area contributed by atoms with Crippen molar-refractivity contribution < 1.29 is 5.21 Å². The van der Waals surface area contributed by atoms with Crippen LogP contribution in [0.4, 0.5) is 5.69 Å². The van der Waals surface area contributed by atoms with Gasteiger partial charge in [0.25, 0.3) is 0 Å². The van der Waals surface area contributed by atoms with Crippen LogP contribution in [0.25, 0.3) is 0 Å². The predicted octanol–water partition coefficient (Wildman–Crippen LogP) is 1.83. The summed E-state index contributed by atoms with van der Waals surface area (Å²) in [7, 11) is 0. The van der Waals surface area contributed by atoms with E-state index in [1.807, 2.05) is 12.1 Å². The van der Waals surface area contributed by atoms with Crippen LogP contribution in [-0.2, 0) is 0 Å². The van der Waals surface area contributed by atoms with E-state index in [2.05, 4.69) is 37.0 Å². The van der Waals surface area contributed by atoms with Crippen LogP contribution in [-0.4, -0.2) is 48.2 Å². The summed E-state index contributed by atoms with van der Waals surface area (Å²) in [5.74, 6) is 0.168. The number of amidine groups is 1. The highest BCUT2D eigenvalue weighted by Gasteiger charge is 2.31. The van der Waals surface area contributed by atoms with Gasteiger partial charge in [-0.05, 0) is 37.6 Å². The van der Waals surface area contributed by atoms with Crippen molar-refractivity contribution in [2.75, 3.05) is 31.1 Å². The second-order valence-electron chi connectivity index (χ2n) is 5.42. The van der Waals surface area contributed by atoms with Crippen LogP contribution in [0.3, 0.4) is 0 Å². The highest BCUT2D eigenvalue weighted by atomic mass is 79.9. The maximum absolute atomic E-state index is 8.96. The summed E-state index contributed by atoms with van der Waals surface area (Å²) >= 11 is 3.51. The molecule has 0 aromatic heterocycles. The molecule has 0 radical (unpaired) electrons. The lowest BCUT2D eigenvalue weighted by Crippen LogP contribution is -2.50. The molecule has 20 heavy (non-hydrogen) atoms. The number of benzene rings is 1. The second-order valence-corrected chi connectivity index (χ2v) is 6.34. The van der Waals surface area contributed by atoms with Crippen LogP contribution >= 0.6 is 15.9 Å². The van der Waals surface area contributed by atoms with E-state index in [0.717, 1.165) is 35.4 Å². The van der Waals surface area contributed by atoms with Gasteiger partial charge in [-0.25, -0.2) is 0 Å². The minimum atomic E-state index is 0.168. The fourth-order valence-corrected chi connectivity index (χ4v) is 3.60. The Kier molecular flexibility index (Phi) is 3.85. The molecule has 1 aromatic rings. The standard InChI is InChI=1S/C14H19BrN4O/c15-10-3-4-12(14(16)17-20)13(8-10)19-7-6-18-5-1-2-11(18)9-19/h3-4,8,11,20H,1-2,5-7,9H2,(H2,16,17). The fourth-order valence-electron chi connectivity index (χ4n) is 3.25. The number of halogens is 1. The Morgan fingerprint density at radius 1 is 1.35 bits per heavy atom. The molecule has 3 rings (SSSR count). The summed E-state index contributed by atoms with van der Waals surface area (Å²) in [5, 5.41) is 12.1. The average molecular weight is 339 g/mol. The molecule has 0 spiro atoms. The number of nitrogens with two attached hydrogens (primary N) is 1. The number of fused-ring (bicyclic) bond motifs is 1. The van der Waals surface area contributed by atoms with Crippen molar-refractivity contribution in [3.8, 4) is 0 Å². The molecule has 108 valence electrons. The second kappa shape index (κ2) is 5.61. The third kappa shape index (κ3) is 2.50. The summed E-state index contributed by atoms with van der Waals surface area (Å²) < 4.78 is 1.01. The maximum Gasteiger partial charge on any atom is 0.172 e. The molecule has 2 heterocycles. The van der Waals surface area contributed by atoms with Crippen molar-refractivity contribution in [1.82, 2.24) is 4.90 Å². The summed E-state index contributed by atoms with van der Waals surface area (Å²) in [6, 6.07) is 6.51. The number of anilines is 1. The Balaban J connectivity index is 1.91. The van der Waals surface area contributed by atoms with Crippen molar-refractivity contribution in [2.45, 2.75) is 18.9 Å². The number of rotatable bonds is 2. The SMILES string of the molecule is N/C(=N/O)c1ccc(Br)cc1N1CCN2CCCC2C1. The molecule has 0 saturated carbocycles. The molecule has 0 aliphatic carbocycles. The molecular formula is C14H19BrN4O. The van der Waals surface area contributed by atoms with Gasteiger partial charge in [-0.3, -0.25) is 4.90 Å². The number of nitrogens with zero attached hydrogens (tertiary/aromatic N) is 3. The minimum Gasteiger partial charge on any atom is -0.409 e. The van der Waals surface area contributed by atoms with Gasteiger partial charge in [0.05, 0.1) is 0 Å². The molecule has 1 aromatic carbocycles. The van der Waals surface area contributed by atoms with Gasteiger partial charge < -0.3 is 15.8 Å². The molecule has 2 aliphatic rings. The number of oxime groups is 1. The van der Waals surface area contributed by atoms with Gasteiger partial charge in [-0.2, -0.15) is 0 Å². The Hall–Kier alpha value is -1.27. The van der Waals surface area contributed by atoms with E-state index in [-0.39, 0.29) is 5.84 Å². The normalized spacial score (nSPS) is 23.9. The van der Waals surface area contributed by atoms with Crippen LogP contribution < -0.4 is 10.6 Å². The van der Waals surface area contributed by atoms with E-state index < -0.39 is 0 Å². The first kappa shape index (κ1) is 13.7. The van der Waals surface area contributed by atoms with Gasteiger partial charge in [0.2, 0.25) is 0 Å². The molecule has 0 bridgehead atoms. The summed E-state index contributed by atoms with van der Waals surface area (Å²) in [6.07, 6.45) is 2.56. The Morgan fingerprint density at radius 2 is 2.20 bits per heavy atom. The predicted molar refractivity (Wildman–Crippen MR) is 83.5 cm³/mol. The number of hydrogen-bond donors (Lipinski definition) is 2. The molecule has 2 aliphatic heterocycles. The summed E-state index contributed by atoms with van der Waals surface area (Å²) in [5.41, 5.74) is 7.64. The van der Waals surface area contributed by atoms with Gasteiger partial charge in [0.1, 0.15) is 0 Å². The first-order valence-electron chi connectivity index (χ1n) is 6.95. The summed E-state index contributed by atoms with van der Waals surface area (Å²) in [4.78, 5) is 4.92. The molecule has 0 amide bonds. The van der Waals surface area contributed by atoms with Crippen molar-refractivity contribution >= 4 is 27.5 Å². The van der Waals surface area contributed by atoms with Crippen molar-refractivity contribution in [1.29, 1.82) is 0 Å². The maximum atomic E-state index is 8.96. The Morgan fingerprint density at radius 3 is 3.00 bits per heavy atom. The average Bonchev–Trinajstić information content (AvgIpc) is 2.93. The molecule has 2 fully saturated rings. The first-order chi connectivity index (χ1) is 9.69. The molecular weight excluding hydrogens is 320 g/mol. The van der Waals surface area contributed by atoms with Crippen molar-refractivity contribution in [3.63, 3.8) is 0 Å². The van der Waals surface area contributed by atoms with Crippen LogP contribution in [0.2, 0.25) is 0 Å². The quantitative estimate of drug-likeness (QED) is 0.373. The van der Waals surface area contributed by atoms with E-state index in [4.69, 9.17) is 10.9 Å².